The smallest absolute Gasteiger partial charge is 0.409 e. The molecule has 0 aliphatic carbocycles. The number of nitrogens with one attached hydrogen (secondary N) is 1. The lowest BCUT2D eigenvalue weighted by Gasteiger charge is -2.34. The topological polar surface area (TPSA) is 87.7 Å². The van der Waals surface area contributed by atoms with Crippen LogP contribution in [-0.2, 0) is 4.74 Å². The molecule has 27 heavy (non-hydrogen) atoms. The molecule has 2 amide bonds. The van der Waals surface area contributed by atoms with E-state index in [9.17, 15) is 9.59 Å². The molecular weight excluding hydrogens is 346 g/mol. The van der Waals surface area contributed by atoms with E-state index in [1.165, 1.54) is 0 Å². The van der Waals surface area contributed by atoms with Gasteiger partial charge in [-0.1, -0.05) is 17.7 Å². The monoisotopic (exact) mass is 369 g/mol. The van der Waals surface area contributed by atoms with E-state index in [-0.39, 0.29) is 12.0 Å². The minimum atomic E-state index is -0.280. The standard InChI is InChI=1S/C19H23N5O3/c1-3-27-19(26)24-12-10-23(11-13-24)17-9-8-16(21-22-17)20-18(25)15-6-4-14(2)5-7-15/h4-9H,3,10-13H2,1-2H3,(H,20,21,25). The molecule has 1 fully saturated rings. The quantitative estimate of drug-likeness (QED) is 0.890. The number of anilines is 2. The number of amides is 2. The number of benzene rings is 1. The summed E-state index contributed by atoms with van der Waals surface area (Å²) in [4.78, 5) is 27.7. The molecule has 8 nitrogen and oxygen atoms in total. The van der Waals surface area contributed by atoms with Crippen LogP contribution in [0.15, 0.2) is 36.4 Å². The molecule has 0 unspecified atom stereocenters. The molecule has 1 N–H and O–H groups in total. The van der Waals surface area contributed by atoms with Crippen molar-refractivity contribution in [2.24, 2.45) is 0 Å². The van der Waals surface area contributed by atoms with Crippen LogP contribution < -0.4 is 10.2 Å². The number of hydrogen-bond donors (Lipinski definition) is 1. The SMILES string of the molecule is CCOC(=O)N1CCN(c2ccc(NC(=O)c3ccc(C)cc3)nn2)CC1. The predicted octanol–water partition coefficient (Wildman–Crippen LogP) is 2.32. The number of carbonyl (C=O) groups excluding carboxylic acids is 2. The number of ether oxygens (including phenoxy) is 1. The minimum absolute atomic E-state index is 0.222. The van der Waals surface area contributed by atoms with E-state index in [1.807, 2.05) is 30.0 Å². The number of carbonyl (C=O) groups is 2. The Kier molecular flexibility index (Phi) is 5.85. The van der Waals surface area contributed by atoms with E-state index in [2.05, 4.69) is 15.5 Å². The predicted molar refractivity (Wildman–Crippen MR) is 102 cm³/mol. The third-order valence-electron chi connectivity index (χ3n) is 4.34. The molecule has 1 aromatic carbocycles. The van der Waals surface area contributed by atoms with Crippen LogP contribution >= 0.6 is 0 Å². The number of aromatic nitrogens is 2. The van der Waals surface area contributed by atoms with Gasteiger partial charge in [0.15, 0.2) is 11.6 Å². The normalized spacial score (nSPS) is 14.0. The molecule has 1 aliphatic heterocycles. The van der Waals surface area contributed by atoms with Gasteiger partial charge in [0.2, 0.25) is 0 Å². The molecule has 1 aromatic heterocycles. The molecule has 0 radical (unpaired) electrons. The maximum atomic E-state index is 12.2. The summed E-state index contributed by atoms with van der Waals surface area (Å²) in [7, 11) is 0. The second kappa shape index (κ2) is 8.48. The summed E-state index contributed by atoms with van der Waals surface area (Å²) in [6, 6.07) is 10.9. The van der Waals surface area contributed by atoms with E-state index in [4.69, 9.17) is 4.74 Å². The summed E-state index contributed by atoms with van der Waals surface area (Å²) < 4.78 is 5.02. The summed E-state index contributed by atoms with van der Waals surface area (Å²) in [5.41, 5.74) is 1.67. The molecule has 2 aromatic rings. The van der Waals surface area contributed by atoms with Gasteiger partial charge in [-0.25, -0.2) is 4.79 Å². The van der Waals surface area contributed by atoms with Crippen LogP contribution in [0.5, 0.6) is 0 Å². The Morgan fingerprint density at radius 1 is 1.04 bits per heavy atom. The van der Waals surface area contributed by atoms with Crippen molar-refractivity contribution in [3.8, 4) is 0 Å². The zero-order valence-corrected chi connectivity index (χ0v) is 15.5. The van der Waals surface area contributed by atoms with Crippen LogP contribution in [0.1, 0.15) is 22.8 Å². The van der Waals surface area contributed by atoms with E-state index >= 15 is 0 Å². The maximum absolute atomic E-state index is 12.2. The van der Waals surface area contributed by atoms with Gasteiger partial charge < -0.3 is 19.9 Å². The van der Waals surface area contributed by atoms with Crippen molar-refractivity contribution >= 4 is 23.6 Å². The lowest BCUT2D eigenvalue weighted by atomic mass is 10.1. The number of rotatable bonds is 4. The van der Waals surface area contributed by atoms with Gasteiger partial charge in [0.25, 0.3) is 5.91 Å². The van der Waals surface area contributed by atoms with Crippen molar-refractivity contribution in [2.45, 2.75) is 13.8 Å². The van der Waals surface area contributed by atoms with Crippen molar-refractivity contribution in [3.63, 3.8) is 0 Å². The summed E-state index contributed by atoms with van der Waals surface area (Å²) in [6.45, 7) is 6.60. The van der Waals surface area contributed by atoms with Crippen LogP contribution in [0.25, 0.3) is 0 Å². The van der Waals surface area contributed by atoms with Crippen molar-refractivity contribution in [1.82, 2.24) is 15.1 Å². The van der Waals surface area contributed by atoms with E-state index in [0.29, 0.717) is 50.0 Å². The molecule has 3 rings (SSSR count). The van der Waals surface area contributed by atoms with Gasteiger partial charge in [-0.15, -0.1) is 10.2 Å². The lowest BCUT2D eigenvalue weighted by Crippen LogP contribution is -2.49. The van der Waals surface area contributed by atoms with Crippen LogP contribution in [0.2, 0.25) is 0 Å². The lowest BCUT2D eigenvalue weighted by molar-refractivity contribution is 0.102. The van der Waals surface area contributed by atoms with Gasteiger partial charge in [-0.3, -0.25) is 4.79 Å². The highest BCUT2D eigenvalue weighted by Crippen LogP contribution is 2.15. The molecule has 1 aliphatic rings. The number of aryl methyl sites for hydroxylation is 1. The first kappa shape index (κ1) is 18.6. The Morgan fingerprint density at radius 2 is 1.74 bits per heavy atom. The molecule has 0 bridgehead atoms. The summed E-state index contributed by atoms with van der Waals surface area (Å²) >= 11 is 0. The molecule has 2 heterocycles. The maximum Gasteiger partial charge on any atom is 0.409 e. The van der Waals surface area contributed by atoms with Gasteiger partial charge in [0.1, 0.15) is 0 Å². The molecule has 0 spiro atoms. The Morgan fingerprint density at radius 3 is 2.33 bits per heavy atom. The first-order valence-electron chi connectivity index (χ1n) is 8.95. The van der Waals surface area contributed by atoms with Crippen LogP contribution in [0.3, 0.4) is 0 Å². The van der Waals surface area contributed by atoms with E-state index in [1.54, 1.807) is 30.0 Å². The molecule has 142 valence electrons. The van der Waals surface area contributed by atoms with Crippen LogP contribution in [-0.4, -0.2) is 59.9 Å². The summed E-state index contributed by atoms with van der Waals surface area (Å²) in [5.74, 6) is 0.890. The zero-order valence-electron chi connectivity index (χ0n) is 15.5. The van der Waals surface area contributed by atoms with Crippen molar-refractivity contribution < 1.29 is 14.3 Å². The number of nitrogens with zero attached hydrogens (tertiary/aromatic N) is 4. The van der Waals surface area contributed by atoms with Crippen molar-refractivity contribution in [3.05, 3.63) is 47.5 Å². The summed E-state index contributed by atoms with van der Waals surface area (Å²) in [6.07, 6.45) is -0.280. The van der Waals surface area contributed by atoms with E-state index < -0.39 is 0 Å². The molecule has 1 saturated heterocycles. The minimum Gasteiger partial charge on any atom is -0.450 e. The first-order valence-corrected chi connectivity index (χ1v) is 8.95. The summed E-state index contributed by atoms with van der Waals surface area (Å²) in [5, 5.41) is 11.0. The van der Waals surface area contributed by atoms with Crippen LogP contribution in [0.4, 0.5) is 16.4 Å². The van der Waals surface area contributed by atoms with Gasteiger partial charge in [-0.05, 0) is 38.1 Å². The van der Waals surface area contributed by atoms with Crippen molar-refractivity contribution in [1.29, 1.82) is 0 Å². The average molecular weight is 369 g/mol. The molecule has 8 heteroatoms. The van der Waals surface area contributed by atoms with E-state index in [0.717, 1.165) is 5.56 Å². The zero-order chi connectivity index (χ0) is 19.2. The second-order valence-electron chi connectivity index (χ2n) is 6.27. The molecule has 0 saturated carbocycles. The average Bonchev–Trinajstić information content (AvgIpc) is 2.69. The first-order chi connectivity index (χ1) is 13.1. The highest BCUT2D eigenvalue weighted by atomic mass is 16.6. The number of hydrogen-bond acceptors (Lipinski definition) is 6. The number of piperazine rings is 1. The van der Waals surface area contributed by atoms with Gasteiger partial charge in [-0.2, -0.15) is 0 Å². The third-order valence-corrected chi connectivity index (χ3v) is 4.34. The van der Waals surface area contributed by atoms with Gasteiger partial charge in [0, 0.05) is 31.7 Å². The fourth-order valence-corrected chi connectivity index (χ4v) is 2.79. The Balaban J connectivity index is 1.55. The van der Waals surface area contributed by atoms with Gasteiger partial charge in [0.05, 0.1) is 6.61 Å². The highest BCUT2D eigenvalue weighted by Gasteiger charge is 2.22. The third kappa shape index (κ3) is 4.72. The fourth-order valence-electron chi connectivity index (χ4n) is 2.79. The largest absolute Gasteiger partial charge is 0.450 e. The molecule has 0 atom stereocenters. The Bertz CT molecular complexity index is 784. The highest BCUT2D eigenvalue weighted by molar-refractivity contribution is 6.03. The van der Waals surface area contributed by atoms with Crippen LogP contribution in [0, 0.1) is 6.92 Å². The second-order valence-corrected chi connectivity index (χ2v) is 6.27. The molecular formula is C19H23N5O3. The van der Waals surface area contributed by atoms with Crippen molar-refractivity contribution in [2.75, 3.05) is 43.0 Å². The van der Waals surface area contributed by atoms with Gasteiger partial charge >= 0.3 is 6.09 Å². The Labute approximate surface area is 158 Å². The Hall–Kier alpha value is -3.16. The fraction of sp³-hybridized carbons (Fsp3) is 0.368.